The highest BCUT2D eigenvalue weighted by molar-refractivity contribution is 5.90. The van der Waals surface area contributed by atoms with E-state index in [1.807, 2.05) is 0 Å². The Morgan fingerprint density at radius 3 is 2.00 bits per heavy atom. The second-order valence-electron chi connectivity index (χ2n) is 5.40. The first-order chi connectivity index (χ1) is 10.1. The molecule has 0 aromatic carbocycles. The summed E-state index contributed by atoms with van der Waals surface area (Å²) in [5, 5.41) is 1.71. The van der Waals surface area contributed by atoms with Crippen molar-refractivity contribution >= 4 is 11.7 Å². The molecular weight excluding hydrogens is 342 g/mol. The van der Waals surface area contributed by atoms with Crippen LogP contribution in [-0.2, 0) is 9.59 Å². The molecule has 1 rings (SSSR count). The van der Waals surface area contributed by atoms with Crippen molar-refractivity contribution in [1.82, 2.24) is 5.32 Å². The summed E-state index contributed by atoms with van der Waals surface area (Å²) in [6.07, 6.45) is -1.96. The van der Waals surface area contributed by atoms with Crippen LogP contribution in [0.3, 0.4) is 0 Å². The van der Waals surface area contributed by atoms with Gasteiger partial charge in [-0.2, -0.15) is 35.1 Å². The number of ketones is 1. The summed E-state index contributed by atoms with van der Waals surface area (Å²) >= 11 is 0. The summed E-state index contributed by atoms with van der Waals surface area (Å²) in [4.78, 5) is 22.5. The molecule has 1 atom stereocenters. The molecule has 1 N–H and O–H groups in total. The highest BCUT2D eigenvalue weighted by atomic mass is 19.4. The molecular formula is C12H13F8NO2. The quantitative estimate of drug-likeness (QED) is 0.744. The molecule has 0 unspecified atom stereocenters. The van der Waals surface area contributed by atoms with Crippen molar-refractivity contribution in [2.45, 2.75) is 62.3 Å². The van der Waals surface area contributed by atoms with E-state index in [1.165, 1.54) is 0 Å². The Morgan fingerprint density at radius 1 is 1.09 bits per heavy atom. The van der Waals surface area contributed by atoms with Gasteiger partial charge in [0.2, 0.25) is 5.91 Å². The van der Waals surface area contributed by atoms with E-state index >= 15 is 0 Å². The van der Waals surface area contributed by atoms with Crippen LogP contribution in [0, 0.1) is 0 Å². The van der Waals surface area contributed by atoms with Crippen LogP contribution in [0.15, 0.2) is 0 Å². The van der Waals surface area contributed by atoms with Gasteiger partial charge >= 0.3 is 23.7 Å². The lowest BCUT2D eigenvalue weighted by atomic mass is 9.97. The molecule has 0 aromatic rings. The summed E-state index contributed by atoms with van der Waals surface area (Å²) in [7, 11) is 0. The molecule has 11 heteroatoms. The lowest BCUT2D eigenvalue weighted by Crippen LogP contribution is -2.62. The molecule has 0 aromatic heterocycles. The van der Waals surface area contributed by atoms with Gasteiger partial charge in [0.15, 0.2) is 5.78 Å². The van der Waals surface area contributed by atoms with E-state index in [9.17, 15) is 44.7 Å². The van der Waals surface area contributed by atoms with E-state index in [0.717, 1.165) is 0 Å². The maximum absolute atomic E-state index is 13.3. The first-order valence-electron chi connectivity index (χ1n) is 6.47. The normalized spacial score (nSPS) is 20.7. The Balaban J connectivity index is 2.88. The summed E-state index contributed by atoms with van der Waals surface area (Å²) in [5.41, 5.74) is 0. The molecule has 1 saturated carbocycles. The predicted molar refractivity (Wildman–Crippen MR) is 60.9 cm³/mol. The third-order valence-corrected chi connectivity index (χ3v) is 3.43. The molecule has 0 heterocycles. The third kappa shape index (κ3) is 3.57. The topological polar surface area (TPSA) is 46.2 Å². The van der Waals surface area contributed by atoms with Gasteiger partial charge < -0.3 is 5.32 Å². The fraction of sp³-hybridized carbons (Fsp3) is 0.833. The number of rotatable bonds is 6. The van der Waals surface area contributed by atoms with Gasteiger partial charge in [0.25, 0.3) is 0 Å². The zero-order valence-electron chi connectivity index (χ0n) is 11.7. The molecule has 0 spiro atoms. The van der Waals surface area contributed by atoms with Crippen molar-refractivity contribution in [1.29, 1.82) is 0 Å². The van der Waals surface area contributed by atoms with Gasteiger partial charge in [-0.3, -0.25) is 9.59 Å². The smallest absolute Gasteiger partial charge is 0.346 e. The highest BCUT2D eigenvalue weighted by Gasteiger charge is 2.79. The summed E-state index contributed by atoms with van der Waals surface area (Å²) in [5.74, 6) is -26.3. The fourth-order valence-corrected chi connectivity index (χ4v) is 2.03. The van der Waals surface area contributed by atoms with E-state index in [1.54, 1.807) is 5.32 Å². The van der Waals surface area contributed by atoms with Gasteiger partial charge in [0, 0.05) is 13.3 Å². The molecule has 23 heavy (non-hydrogen) atoms. The number of Topliss-reactive ketones (excluding diaryl/α,β-unsaturated/α-hetero) is 1. The minimum absolute atomic E-state index is 0.0532. The maximum Gasteiger partial charge on any atom is 0.378 e. The number of amides is 1. The second kappa shape index (κ2) is 5.90. The van der Waals surface area contributed by atoms with Gasteiger partial charge in [-0.25, -0.2) is 0 Å². The third-order valence-electron chi connectivity index (χ3n) is 3.43. The Bertz CT molecular complexity index is 486. The number of carbonyl (C=O) groups excluding carboxylic acids is 2. The van der Waals surface area contributed by atoms with E-state index in [-0.39, 0.29) is 12.8 Å². The minimum Gasteiger partial charge on any atom is -0.346 e. The Labute approximate surface area is 125 Å². The number of hydrogen-bond acceptors (Lipinski definition) is 2. The number of nitrogens with one attached hydrogen (secondary N) is 1. The first-order valence-corrected chi connectivity index (χ1v) is 6.47. The van der Waals surface area contributed by atoms with Gasteiger partial charge in [-0.15, -0.1) is 0 Å². The number of carbonyl (C=O) groups is 2. The second-order valence-corrected chi connectivity index (χ2v) is 5.40. The Kier molecular flexibility index (Phi) is 5.03. The van der Waals surface area contributed by atoms with Gasteiger partial charge in [0.05, 0.1) is 12.5 Å². The van der Waals surface area contributed by atoms with Crippen LogP contribution in [-0.4, -0.2) is 41.4 Å². The van der Waals surface area contributed by atoms with E-state index in [2.05, 4.69) is 0 Å². The molecule has 0 radical (unpaired) electrons. The molecule has 0 bridgehead atoms. The lowest BCUT2D eigenvalue weighted by molar-refractivity contribution is -0.361. The predicted octanol–water partition coefficient (Wildman–Crippen LogP) is 3.18. The molecule has 3 nitrogen and oxygen atoms in total. The molecule has 0 aliphatic heterocycles. The lowest BCUT2D eigenvalue weighted by Gasteiger charge is -2.35. The zero-order chi connectivity index (χ0) is 18.3. The average Bonchev–Trinajstić information content (AvgIpc) is 2.72. The standard InChI is InChI=1S/C12H13F8NO2/c1-9(13,14)11(17,18)12(19,20)10(15,16)5-8(23)21-6-3-2-4-7(6)22/h6H,2-5H2,1H3,(H,21,23)/t6-/m0/s1. The maximum atomic E-state index is 13.3. The zero-order valence-corrected chi connectivity index (χ0v) is 11.7. The average molecular weight is 355 g/mol. The Hall–Kier alpha value is -1.42. The monoisotopic (exact) mass is 355 g/mol. The molecule has 1 fully saturated rings. The van der Waals surface area contributed by atoms with Crippen LogP contribution < -0.4 is 5.32 Å². The first kappa shape index (κ1) is 19.6. The van der Waals surface area contributed by atoms with Gasteiger partial charge in [0.1, 0.15) is 0 Å². The van der Waals surface area contributed by atoms with Gasteiger partial charge in [-0.05, 0) is 12.8 Å². The van der Waals surface area contributed by atoms with Gasteiger partial charge in [-0.1, -0.05) is 0 Å². The van der Waals surface area contributed by atoms with Crippen LogP contribution in [0.4, 0.5) is 35.1 Å². The summed E-state index contributed by atoms with van der Waals surface area (Å²) in [6, 6.07) is -1.17. The van der Waals surface area contributed by atoms with E-state index < -0.39 is 54.8 Å². The number of halogens is 8. The van der Waals surface area contributed by atoms with Crippen molar-refractivity contribution < 1.29 is 44.7 Å². The van der Waals surface area contributed by atoms with Crippen LogP contribution in [0.5, 0.6) is 0 Å². The van der Waals surface area contributed by atoms with E-state index in [0.29, 0.717) is 6.42 Å². The summed E-state index contributed by atoms with van der Waals surface area (Å²) in [6.45, 7) is -0.631. The van der Waals surface area contributed by atoms with Crippen LogP contribution in [0.25, 0.3) is 0 Å². The molecule has 0 saturated heterocycles. The van der Waals surface area contributed by atoms with Crippen molar-refractivity contribution in [3.05, 3.63) is 0 Å². The van der Waals surface area contributed by atoms with Crippen molar-refractivity contribution in [2.24, 2.45) is 0 Å². The van der Waals surface area contributed by atoms with E-state index in [4.69, 9.17) is 0 Å². The number of alkyl halides is 8. The van der Waals surface area contributed by atoms with Crippen molar-refractivity contribution in [2.75, 3.05) is 0 Å². The minimum atomic E-state index is -6.46. The molecule has 1 aliphatic rings. The van der Waals surface area contributed by atoms with Crippen LogP contribution >= 0.6 is 0 Å². The van der Waals surface area contributed by atoms with Crippen LogP contribution in [0.1, 0.15) is 32.6 Å². The van der Waals surface area contributed by atoms with Crippen LogP contribution in [0.2, 0.25) is 0 Å². The number of hydrogen-bond donors (Lipinski definition) is 1. The van der Waals surface area contributed by atoms with Crippen molar-refractivity contribution in [3.8, 4) is 0 Å². The van der Waals surface area contributed by atoms with Crippen molar-refractivity contribution in [3.63, 3.8) is 0 Å². The summed E-state index contributed by atoms with van der Waals surface area (Å²) < 4.78 is 104. The largest absolute Gasteiger partial charge is 0.378 e. The molecule has 1 aliphatic carbocycles. The Morgan fingerprint density at radius 2 is 1.61 bits per heavy atom. The molecule has 134 valence electrons. The fourth-order valence-electron chi connectivity index (χ4n) is 2.03. The molecule has 1 amide bonds. The SMILES string of the molecule is CC(F)(F)C(F)(F)C(F)(F)C(F)(F)CC(=O)N[C@H]1CCCC1=O. The highest BCUT2D eigenvalue weighted by Crippen LogP contribution is 2.53.